The lowest BCUT2D eigenvalue weighted by atomic mass is 10.1. The second-order valence-electron chi connectivity index (χ2n) is 6.33. The topological polar surface area (TPSA) is 76.2 Å². The number of fused-ring (bicyclic) bond motifs is 1. The summed E-state index contributed by atoms with van der Waals surface area (Å²) >= 11 is 0. The summed E-state index contributed by atoms with van der Waals surface area (Å²) in [5, 5.41) is 7.36. The van der Waals surface area contributed by atoms with Crippen LogP contribution in [0.25, 0.3) is 0 Å². The number of hydrogen-bond acceptors (Lipinski definition) is 4. The van der Waals surface area contributed by atoms with Crippen LogP contribution >= 0.6 is 0 Å². The van der Waals surface area contributed by atoms with Gasteiger partial charge in [-0.2, -0.15) is 5.10 Å². The van der Waals surface area contributed by atoms with Crippen molar-refractivity contribution in [2.24, 2.45) is 5.73 Å². The van der Waals surface area contributed by atoms with Crippen molar-refractivity contribution in [3.63, 3.8) is 0 Å². The summed E-state index contributed by atoms with van der Waals surface area (Å²) in [4.78, 5) is 13.4. The van der Waals surface area contributed by atoms with Crippen LogP contribution in [0.4, 0.5) is 0 Å². The van der Waals surface area contributed by atoms with E-state index in [-0.39, 0.29) is 5.91 Å². The number of benzene rings is 1. The predicted octanol–water partition coefficient (Wildman–Crippen LogP) is 1.04. The lowest BCUT2D eigenvalue weighted by Crippen LogP contribution is -2.33. The molecule has 24 heavy (non-hydrogen) atoms. The maximum atomic E-state index is 11.0. The largest absolute Gasteiger partial charge is 0.351 e. The number of nitrogens with one attached hydrogen (secondary N) is 1. The predicted molar refractivity (Wildman–Crippen MR) is 93.1 cm³/mol. The van der Waals surface area contributed by atoms with Crippen LogP contribution in [0.3, 0.4) is 0 Å². The second kappa shape index (κ2) is 7.59. The second-order valence-corrected chi connectivity index (χ2v) is 6.33. The molecule has 0 aliphatic carbocycles. The first-order valence-corrected chi connectivity index (χ1v) is 8.44. The van der Waals surface area contributed by atoms with Gasteiger partial charge in [0, 0.05) is 26.6 Å². The third-order valence-corrected chi connectivity index (χ3v) is 4.31. The first-order valence-electron chi connectivity index (χ1n) is 8.44. The molecule has 0 unspecified atom stereocenters. The van der Waals surface area contributed by atoms with Gasteiger partial charge in [-0.25, -0.2) is 0 Å². The zero-order valence-corrected chi connectivity index (χ0v) is 14.2. The number of amides is 1. The molecule has 1 aromatic heterocycles. The molecule has 0 atom stereocenters. The molecule has 0 fully saturated rings. The number of nitrogens with two attached hydrogens (primary N) is 1. The van der Waals surface area contributed by atoms with Crippen LogP contribution in [0.2, 0.25) is 0 Å². The summed E-state index contributed by atoms with van der Waals surface area (Å²) in [6, 6.07) is 10.8. The maximum absolute atomic E-state index is 11.0. The molecule has 0 radical (unpaired) electrons. The first kappa shape index (κ1) is 16.7. The third kappa shape index (κ3) is 4.21. The summed E-state index contributed by atoms with van der Waals surface area (Å²) in [6.45, 7) is 6.41. The van der Waals surface area contributed by atoms with Crippen LogP contribution in [0, 0.1) is 0 Å². The van der Waals surface area contributed by atoms with E-state index in [4.69, 9.17) is 5.73 Å². The molecule has 3 N–H and O–H groups in total. The van der Waals surface area contributed by atoms with Gasteiger partial charge in [0.05, 0.1) is 24.5 Å². The fourth-order valence-corrected chi connectivity index (χ4v) is 3.05. The molecule has 3 rings (SSSR count). The van der Waals surface area contributed by atoms with Gasteiger partial charge in [-0.15, -0.1) is 0 Å². The van der Waals surface area contributed by atoms with Crippen LogP contribution in [-0.4, -0.2) is 33.7 Å². The fraction of sp³-hybridized carbons (Fsp3) is 0.444. The SMILES string of the molecule is CC(=O)NCc1cc2n(n1)CCN(Cc1ccc(CCN)cc1)C2. The van der Waals surface area contributed by atoms with E-state index in [1.54, 1.807) is 0 Å². The van der Waals surface area contributed by atoms with Crippen LogP contribution in [0.5, 0.6) is 0 Å². The van der Waals surface area contributed by atoms with Crippen LogP contribution in [0.15, 0.2) is 30.3 Å². The Morgan fingerprint density at radius 1 is 1.25 bits per heavy atom. The Balaban J connectivity index is 1.59. The average Bonchev–Trinajstić information content (AvgIpc) is 2.97. The summed E-state index contributed by atoms with van der Waals surface area (Å²) in [6.07, 6.45) is 0.931. The summed E-state index contributed by atoms with van der Waals surface area (Å²) in [5.41, 5.74) is 10.3. The number of nitrogens with zero attached hydrogens (tertiary/aromatic N) is 3. The smallest absolute Gasteiger partial charge is 0.217 e. The van der Waals surface area contributed by atoms with E-state index >= 15 is 0 Å². The molecule has 1 amide bonds. The van der Waals surface area contributed by atoms with Crippen molar-refractivity contribution >= 4 is 5.91 Å². The van der Waals surface area contributed by atoms with Crippen molar-refractivity contribution in [1.82, 2.24) is 20.0 Å². The highest BCUT2D eigenvalue weighted by molar-refractivity contribution is 5.72. The molecule has 128 valence electrons. The van der Waals surface area contributed by atoms with E-state index in [1.807, 2.05) is 0 Å². The molecule has 0 bridgehead atoms. The molecular weight excluding hydrogens is 302 g/mol. The molecule has 0 saturated carbocycles. The van der Waals surface area contributed by atoms with E-state index in [0.717, 1.165) is 38.3 Å². The number of hydrogen-bond donors (Lipinski definition) is 2. The monoisotopic (exact) mass is 327 g/mol. The van der Waals surface area contributed by atoms with Crippen molar-refractivity contribution in [1.29, 1.82) is 0 Å². The Morgan fingerprint density at radius 3 is 2.71 bits per heavy atom. The fourth-order valence-electron chi connectivity index (χ4n) is 3.05. The van der Waals surface area contributed by atoms with Gasteiger partial charge in [-0.1, -0.05) is 24.3 Å². The van der Waals surface area contributed by atoms with Gasteiger partial charge in [-0.05, 0) is 30.2 Å². The quantitative estimate of drug-likeness (QED) is 0.831. The lowest BCUT2D eigenvalue weighted by Gasteiger charge is -2.27. The van der Waals surface area contributed by atoms with E-state index < -0.39 is 0 Å². The minimum absolute atomic E-state index is 0.0271. The van der Waals surface area contributed by atoms with Crippen molar-refractivity contribution in [2.75, 3.05) is 13.1 Å². The highest BCUT2D eigenvalue weighted by Gasteiger charge is 2.18. The summed E-state index contributed by atoms with van der Waals surface area (Å²) in [7, 11) is 0. The number of rotatable bonds is 6. The molecule has 1 aliphatic rings. The molecule has 2 heterocycles. The standard InChI is InChI=1S/C18H25N5O/c1-14(24)20-11-17-10-18-13-22(8-9-23(18)21-17)12-16-4-2-15(3-5-16)6-7-19/h2-5,10H,6-9,11-13,19H2,1H3,(H,20,24). The van der Waals surface area contributed by atoms with Gasteiger partial charge in [0.1, 0.15) is 0 Å². The third-order valence-electron chi connectivity index (χ3n) is 4.31. The number of carbonyl (C=O) groups is 1. The number of aromatic nitrogens is 2. The molecule has 0 saturated heterocycles. The van der Waals surface area contributed by atoms with Crippen molar-refractivity contribution < 1.29 is 4.79 Å². The normalized spacial score (nSPS) is 14.4. The molecule has 0 spiro atoms. The Bertz CT molecular complexity index is 692. The molecule has 1 aromatic carbocycles. The van der Waals surface area contributed by atoms with Crippen LogP contribution in [0.1, 0.15) is 29.4 Å². The molecule has 1 aliphatic heterocycles. The van der Waals surface area contributed by atoms with E-state index in [0.29, 0.717) is 13.1 Å². The van der Waals surface area contributed by atoms with Crippen molar-refractivity contribution in [3.8, 4) is 0 Å². The van der Waals surface area contributed by atoms with Gasteiger partial charge < -0.3 is 11.1 Å². The zero-order chi connectivity index (χ0) is 16.9. The maximum Gasteiger partial charge on any atom is 0.217 e. The lowest BCUT2D eigenvalue weighted by molar-refractivity contribution is -0.119. The van der Waals surface area contributed by atoms with Gasteiger partial charge in [-0.3, -0.25) is 14.4 Å². The Morgan fingerprint density at radius 2 is 2.00 bits per heavy atom. The highest BCUT2D eigenvalue weighted by atomic mass is 16.1. The Hall–Kier alpha value is -2.18. The van der Waals surface area contributed by atoms with Gasteiger partial charge in [0.2, 0.25) is 5.91 Å². The molecule has 6 heteroatoms. The Kier molecular flexibility index (Phi) is 5.27. The van der Waals surface area contributed by atoms with Crippen molar-refractivity contribution in [3.05, 3.63) is 52.8 Å². The van der Waals surface area contributed by atoms with Gasteiger partial charge in [0.25, 0.3) is 0 Å². The van der Waals surface area contributed by atoms with Crippen LogP contribution in [-0.2, 0) is 37.4 Å². The summed E-state index contributed by atoms with van der Waals surface area (Å²) < 4.78 is 2.05. The Labute approximate surface area is 142 Å². The molecule has 6 nitrogen and oxygen atoms in total. The van der Waals surface area contributed by atoms with E-state index in [1.165, 1.54) is 23.7 Å². The average molecular weight is 327 g/mol. The summed E-state index contributed by atoms with van der Waals surface area (Å²) in [5.74, 6) is -0.0271. The molecule has 2 aromatic rings. The molecular formula is C18H25N5O. The number of carbonyl (C=O) groups excluding carboxylic acids is 1. The van der Waals surface area contributed by atoms with E-state index in [9.17, 15) is 4.79 Å². The first-order chi connectivity index (χ1) is 11.6. The van der Waals surface area contributed by atoms with Gasteiger partial charge in [0.15, 0.2) is 0 Å². The van der Waals surface area contributed by atoms with E-state index in [2.05, 4.69) is 50.3 Å². The van der Waals surface area contributed by atoms with Gasteiger partial charge >= 0.3 is 0 Å². The minimum Gasteiger partial charge on any atom is -0.351 e. The minimum atomic E-state index is -0.0271. The zero-order valence-electron chi connectivity index (χ0n) is 14.2. The highest BCUT2D eigenvalue weighted by Crippen LogP contribution is 2.17. The van der Waals surface area contributed by atoms with Crippen LogP contribution < -0.4 is 11.1 Å². The van der Waals surface area contributed by atoms with Crippen molar-refractivity contribution in [2.45, 2.75) is 39.5 Å².